The number of halogens is 1. The van der Waals surface area contributed by atoms with Gasteiger partial charge in [0.25, 0.3) is 0 Å². The van der Waals surface area contributed by atoms with Gasteiger partial charge in [0.15, 0.2) is 0 Å². The van der Waals surface area contributed by atoms with Crippen LogP contribution in [0.25, 0.3) is 0 Å². The third kappa shape index (κ3) is 7.36. The van der Waals surface area contributed by atoms with Crippen molar-refractivity contribution in [3.05, 3.63) is 0 Å². The monoisotopic (exact) mass is 134 g/mol. The Morgan fingerprint density at radius 3 is 2.78 bits per heavy atom. The molecule has 0 atom stereocenters. The summed E-state index contributed by atoms with van der Waals surface area (Å²) in [4.78, 5) is 10.0. The Hall–Kier alpha value is -0.640. The fourth-order valence-electron chi connectivity index (χ4n) is 0.403. The fourth-order valence-corrected chi connectivity index (χ4v) is 0.403. The van der Waals surface area contributed by atoms with Crippen LogP contribution in [0.3, 0.4) is 0 Å². The molecule has 1 amide bonds. The second-order valence-corrected chi connectivity index (χ2v) is 1.69. The van der Waals surface area contributed by atoms with Gasteiger partial charge in [0, 0.05) is 0 Å². The summed E-state index contributed by atoms with van der Waals surface area (Å²) in [6.07, 6.45) is 0.438. The Balaban J connectivity index is 2.83. The normalized spacial score (nSPS) is 9.44. The predicted octanol–water partition coefficient (Wildman–Crippen LogP) is -0.579. The maximum absolute atomic E-state index is 11.4. The third-order valence-electron chi connectivity index (χ3n) is 0.786. The van der Waals surface area contributed by atoms with E-state index in [1.807, 2.05) is 0 Å². The fraction of sp³-hybridized carbons (Fsp3) is 0.800. The van der Waals surface area contributed by atoms with E-state index in [4.69, 9.17) is 5.73 Å². The first-order valence-electron chi connectivity index (χ1n) is 2.82. The molecule has 0 fully saturated rings. The Morgan fingerprint density at radius 2 is 2.33 bits per heavy atom. The van der Waals surface area contributed by atoms with E-state index in [0.29, 0.717) is 13.0 Å². The molecule has 0 aliphatic rings. The summed E-state index contributed by atoms with van der Waals surface area (Å²) >= 11 is 0. The first-order chi connectivity index (χ1) is 4.27. The number of nitrogens with one attached hydrogen (secondary N) is 1. The van der Waals surface area contributed by atoms with E-state index in [1.54, 1.807) is 0 Å². The van der Waals surface area contributed by atoms with Gasteiger partial charge in [-0.2, -0.15) is 0 Å². The quantitative estimate of drug-likeness (QED) is 0.494. The van der Waals surface area contributed by atoms with Crippen LogP contribution in [0, 0.1) is 0 Å². The highest BCUT2D eigenvalue weighted by Crippen LogP contribution is 1.74. The Bertz CT molecular complexity index is 87.0. The second kappa shape index (κ2) is 5.50. The molecule has 4 heteroatoms. The average molecular weight is 134 g/mol. The summed E-state index contributed by atoms with van der Waals surface area (Å²) in [5.74, 6) is -0.408. The van der Waals surface area contributed by atoms with Gasteiger partial charge in [-0.3, -0.25) is 9.18 Å². The highest BCUT2D eigenvalue weighted by atomic mass is 19.1. The molecule has 0 spiro atoms. The van der Waals surface area contributed by atoms with Crippen molar-refractivity contribution in [3.8, 4) is 0 Å². The second-order valence-electron chi connectivity index (χ2n) is 1.69. The number of amides is 1. The van der Waals surface area contributed by atoms with Gasteiger partial charge in [-0.05, 0) is 13.0 Å². The summed E-state index contributed by atoms with van der Waals surface area (Å²) in [7, 11) is 0. The molecule has 0 aromatic carbocycles. The van der Waals surface area contributed by atoms with E-state index in [2.05, 4.69) is 5.32 Å². The minimum Gasteiger partial charge on any atom is -0.369 e. The van der Waals surface area contributed by atoms with E-state index in [-0.39, 0.29) is 13.2 Å². The molecular weight excluding hydrogens is 123 g/mol. The standard InChI is InChI=1S/C5H11FN2O/c6-2-1-3-8-4-5(7)9/h8H,1-4H2,(H2,7,9). The van der Waals surface area contributed by atoms with Crippen molar-refractivity contribution in [1.82, 2.24) is 5.32 Å². The van der Waals surface area contributed by atoms with E-state index in [1.165, 1.54) is 0 Å². The summed E-state index contributed by atoms with van der Waals surface area (Å²) in [6.45, 7) is 0.297. The Labute approximate surface area is 53.4 Å². The molecule has 0 unspecified atom stereocenters. The number of hydrogen-bond donors (Lipinski definition) is 2. The van der Waals surface area contributed by atoms with Crippen LogP contribution in [0.4, 0.5) is 4.39 Å². The predicted molar refractivity (Wildman–Crippen MR) is 32.7 cm³/mol. The SMILES string of the molecule is NC(=O)CNCCCF. The molecule has 0 rings (SSSR count). The lowest BCUT2D eigenvalue weighted by molar-refractivity contribution is -0.117. The molecule has 0 saturated carbocycles. The van der Waals surface area contributed by atoms with Crippen molar-refractivity contribution in [3.63, 3.8) is 0 Å². The highest BCUT2D eigenvalue weighted by molar-refractivity contribution is 5.75. The lowest BCUT2D eigenvalue weighted by Crippen LogP contribution is -2.29. The van der Waals surface area contributed by atoms with Crippen LogP contribution in [0.5, 0.6) is 0 Å². The number of nitrogens with two attached hydrogens (primary N) is 1. The van der Waals surface area contributed by atoms with Gasteiger partial charge in [-0.25, -0.2) is 0 Å². The van der Waals surface area contributed by atoms with Gasteiger partial charge in [0.1, 0.15) is 0 Å². The van der Waals surface area contributed by atoms with Gasteiger partial charge < -0.3 is 11.1 Å². The first-order valence-corrected chi connectivity index (χ1v) is 2.82. The number of carbonyl (C=O) groups excluding carboxylic acids is 1. The van der Waals surface area contributed by atoms with E-state index in [0.717, 1.165) is 0 Å². The third-order valence-corrected chi connectivity index (χ3v) is 0.786. The lowest BCUT2D eigenvalue weighted by atomic mass is 10.4. The lowest BCUT2D eigenvalue weighted by Gasteiger charge is -1.96. The molecule has 0 aromatic heterocycles. The molecule has 0 aliphatic heterocycles. The van der Waals surface area contributed by atoms with Gasteiger partial charge in [0.2, 0.25) is 5.91 Å². The first kappa shape index (κ1) is 8.36. The number of primary amides is 1. The zero-order chi connectivity index (χ0) is 7.11. The molecule has 0 saturated heterocycles. The summed E-state index contributed by atoms with van der Waals surface area (Å²) < 4.78 is 11.4. The smallest absolute Gasteiger partial charge is 0.231 e. The minimum absolute atomic E-state index is 0.139. The molecule has 3 nitrogen and oxygen atoms in total. The molecule has 9 heavy (non-hydrogen) atoms. The molecule has 0 bridgehead atoms. The topological polar surface area (TPSA) is 55.1 Å². The van der Waals surface area contributed by atoms with Gasteiger partial charge >= 0.3 is 0 Å². The van der Waals surface area contributed by atoms with Crippen molar-refractivity contribution in [2.24, 2.45) is 5.73 Å². The van der Waals surface area contributed by atoms with E-state index < -0.39 is 5.91 Å². The number of hydrogen-bond acceptors (Lipinski definition) is 2. The maximum atomic E-state index is 11.4. The van der Waals surface area contributed by atoms with Crippen LogP contribution >= 0.6 is 0 Å². The van der Waals surface area contributed by atoms with Crippen molar-refractivity contribution < 1.29 is 9.18 Å². The number of alkyl halides is 1. The highest BCUT2D eigenvalue weighted by Gasteiger charge is 1.90. The Kier molecular flexibility index (Phi) is 5.11. The molecule has 0 radical (unpaired) electrons. The largest absolute Gasteiger partial charge is 0.369 e. The molecule has 0 heterocycles. The minimum atomic E-state index is -0.408. The molecule has 54 valence electrons. The molecule has 0 aliphatic carbocycles. The van der Waals surface area contributed by atoms with Crippen molar-refractivity contribution >= 4 is 5.91 Å². The molecular formula is C5H11FN2O. The van der Waals surface area contributed by atoms with Crippen molar-refractivity contribution in [2.75, 3.05) is 19.8 Å². The summed E-state index contributed by atoms with van der Waals surface area (Å²) in [5.41, 5.74) is 4.78. The zero-order valence-corrected chi connectivity index (χ0v) is 5.19. The zero-order valence-electron chi connectivity index (χ0n) is 5.19. The maximum Gasteiger partial charge on any atom is 0.231 e. The summed E-state index contributed by atoms with van der Waals surface area (Å²) in [5, 5.41) is 2.67. The summed E-state index contributed by atoms with van der Waals surface area (Å²) in [6, 6.07) is 0. The van der Waals surface area contributed by atoms with Crippen LogP contribution in [0.15, 0.2) is 0 Å². The van der Waals surface area contributed by atoms with Gasteiger partial charge in [-0.15, -0.1) is 0 Å². The van der Waals surface area contributed by atoms with Gasteiger partial charge in [0.05, 0.1) is 13.2 Å². The van der Waals surface area contributed by atoms with Crippen LogP contribution in [-0.2, 0) is 4.79 Å². The van der Waals surface area contributed by atoms with Crippen LogP contribution in [-0.4, -0.2) is 25.7 Å². The number of rotatable bonds is 5. The number of carbonyl (C=O) groups is 1. The molecule has 3 N–H and O–H groups in total. The van der Waals surface area contributed by atoms with Crippen LogP contribution in [0.2, 0.25) is 0 Å². The average Bonchev–Trinajstić information content (AvgIpc) is 1.80. The van der Waals surface area contributed by atoms with Gasteiger partial charge in [-0.1, -0.05) is 0 Å². The Morgan fingerprint density at radius 1 is 1.67 bits per heavy atom. The van der Waals surface area contributed by atoms with Crippen molar-refractivity contribution in [1.29, 1.82) is 0 Å². The molecule has 0 aromatic rings. The van der Waals surface area contributed by atoms with E-state index >= 15 is 0 Å². The van der Waals surface area contributed by atoms with E-state index in [9.17, 15) is 9.18 Å². The van der Waals surface area contributed by atoms with Crippen LogP contribution in [0.1, 0.15) is 6.42 Å². The van der Waals surface area contributed by atoms with Crippen LogP contribution < -0.4 is 11.1 Å². The van der Waals surface area contributed by atoms with Crippen molar-refractivity contribution in [2.45, 2.75) is 6.42 Å².